The molecule has 1 amide bonds. The van der Waals surface area contributed by atoms with Gasteiger partial charge in [-0.05, 0) is 35.9 Å². The van der Waals surface area contributed by atoms with Crippen molar-refractivity contribution in [3.05, 3.63) is 59.2 Å². The average molecular weight is 484 g/mol. The van der Waals surface area contributed by atoms with Crippen LogP contribution in [0, 0.1) is 17.2 Å². The van der Waals surface area contributed by atoms with Crippen molar-refractivity contribution in [3.63, 3.8) is 0 Å². The maximum absolute atomic E-state index is 13.3. The molecule has 2 atom stereocenters. The van der Waals surface area contributed by atoms with Crippen molar-refractivity contribution in [1.29, 1.82) is 5.26 Å². The summed E-state index contributed by atoms with van der Waals surface area (Å²) < 4.78 is 49.1. The quantitative estimate of drug-likeness (QED) is 0.614. The van der Waals surface area contributed by atoms with Gasteiger partial charge in [-0.15, -0.1) is 0 Å². The number of hydrogen-bond donors (Lipinski definition) is 0. The molecule has 0 aromatic heterocycles. The first-order valence-corrected chi connectivity index (χ1v) is 11.6. The lowest BCUT2D eigenvalue weighted by molar-refractivity contribution is -0.119. The highest BCUT2D eigenvalue weighted by Gasteiger charge is 2.51. The molecule has 2 aromatic carbocycles. The second kappa shape index (κ2) is 9.10. The Kier molecular flexibility index (Phi) is 6.11. The van der Waals surface area contributed by atoms with E-state index in [1.54, 1.807) is 29.2 Å². The number of nitrogens with zero attached hydrogens (tertiary/aromatic N) is 2. The molecule has 2 aliphatic heterocycles. The van der Waals surface area contributed by atoms with Crippen molar-refractivity contribution in [1.82, 2.24) is 4.90 Å². The molecule has 0 unspecified atom stereocenters. The van der Waals surface area contributed by atoms with E-state index in [1.807, 2.05) is 18.2 Å². The summed E-state index contributed by atoms with van der Waals surface area (Å²) in [5, 5.41) is 9.27. The van der Waals surface area contributed by atoms with Crippen molar-refractivity contribution in [2.45, 2.75) is 36.9 Å². The van der Waals surface area contributed by atoms with Gasteiger partial charge in [0.25, 0.3) is 5.91 Å². The third kappa shape index (κ3) is 4.44. The van der Waals surface area contributed by atoms with Crippen LogP contribution in [0.5, 0.6) is 11.5 Å². The van der Waals surface area contributed by atoms with Crippen LogP contribution in [-0.4, -0.2) is 56.4 Å². The molecule has 0 spiro atoms. The number of piperidine rings is 1. The Balaban J connectivity index is 1.27. The van der Waals surface area contributed by atoms with Crippen LogP contribution in [0.2, 0.25) is 0 Å². The van der Waals surface area contributed by atoms with Crippen LogP contribution in [0.15, 0.2) is 42.5 Å². The Morgan fingerprint density at radius 3 is 2.80 bits per heavy atom. The van der Waals surface area contributed by atoms with Crippen LogP contribution in [0.3, 0.4) is 0 Å². The zero-order valence-corrected chi connectivity index (χ0v) is 19.3. The number of fused-ring (bicyclic) bond motifs is 1. The van der Waals surface area contributed by atoms with Gasteiger partial charge in [-0.2, -0.15) is 5.26 Å². The highest BCUT2D eigenvalue weighted by molar-refractivity contribution is 5.95. The number of likely N-dealkylation sites (tertiary alicyclic amines) is 1. The smallest absolute Gasteiger partial charge is 0.254 e. The van der Waals surface area contributed by atoms with Gasteiger partial charge in [0, 0.05) is 37.3 Å². The molecule has 1 saturated carbocycles. The van der Waals surface area contributed by atoms with E-state index in [0.717, 1.165) is 5.56 Å². The van der Waals surface area contributed by atoms with E-state index < -0.39 is 11.5 Å². The third-order valence-corrected chi connectivity index (χ3v) is 7.07. The van der Waals surface area contributed by atoms with Crippen LogP contribution < -0.4 is 9.47 Å². The maximum Gasteiger partial charge on any atom is 0.254 e. The Labute approximate surface area is 202 Å². The number of halogens is 2. The first kappa shape index (κ1) is 23.5. The maximum atomic E-state index is 13.3. The predicted molar refractivity (Wildman–Crippen MR) is 120 cm³/mol. The highest BCUT2D eigenvalue weighted by atomic mass is 19.3. The van der Waals surface area contributed by atoms with Gasteiger partial charge in [-0.3, -0.25) is 4.79 Å². The molecule has 0 N–H and O–H groups in total. The fourth-order valence-electron chi connectivity index (χ4n) is 5.14. The van der Waals surface area contributed by atoms with Gasteiger partial charge in [0.05, 0.1) is 31.9 Å². The molecule has 5 rings (SSSR count). The molecule has 1 aliphatic carbocycles. The molecular formula is C26H26F2N2O5. The van der Waals surface area contributed by atoms with E-state index in [1.165, 1.54) is 7.11 Å². The van der Waals surface area contributed by atoms with Crippen molar-refractivity contribution in [2.75, 3.05) is 33.6 Å². The zero-order valence-electron chi connectivity index (χ0n) is 19.3. The summed E-state index contributed by atoms with van der Waals surface area (Å²) in [7, 11) is 1.47. The molecule has 3 fully saturated rings. The second-order valence-electron chi connectivity index (χ2n) is 9.31. The molecule has 3 aliphatic rings. The van der Waals surface area contributed by atoms with Crippen molar-refractivity contribution in [2.24, 2.45) is 5.92 Å². The lowest BCUT2D eigenvalue weighted by atomic mass is 9.81. The number of methoxy groups -OCH3 is 1. The minimum absolute atomic E-state index is 0.121. The summed E-state index contributed by atoms with van der Waals surface area (Å²) in [6, 6.07) is 14.4. The Bertz CT molecular complexity index is 1160. The van der Waals surface area contributed by atoms with E-state index in [0.29, 0.717) is 42.1 Å². The van der Waals surface area contributed by atoms with Crippen molar-refractivity contribution in [3.8, 4) is 17.6 Å². The SMILES string of the molecule is COc1cc(C(=O)N2CC[C@]3(c4cccc(C#N)c4)OCO[C@@H]3C2)ccc1OCC1CC(F)(F)C1. The van der Waals surface area contributed by atoms with E-state index in [-0.39, 0.29) is 44.2 Å². The fourth-order valence-corrected chi connectivity index (χ4v) is 5.14. The lowest BCUT2D eigenvalue weighted by Gasteiger charge is -2.42. The van der Waals surface area contributed by atoms with E-state index in [4.69, 9.17) is 18.9 Å². The van der Waals surface area contributed by atoms with Crippen LogP contribution >= 0.6 is 0 Å². The Hall–Kier alpha value is -3.22. The first-order chi connectivity index (χ1) is 16.8. The van der Waals surface area contributed by atoms with E-state index in [9.17, 15) is 18.8 Å². The molecule has 2 saturated heterocycles. The topological polar surface area (TPSA) is 81.0 Å². The van der Waals surface area contributed by atoms with Crippen molar-refractivity contribution < 1.29 is 32.5 Å². The van der Waals surface area contributed by atoms with Gasteiger partial charge in [0.15, 0.2) is 11.5 Å². The van der Waals surface area contributed by atoms with Crippen LogP contribution in [0.25, 0.3) is 0 Å². The standard InChI is InChI=1S/C26H26F2N2O5/c1-32-22-10-19(5-6-21(22)33-15-18-11-25(27,28)12-18)24(31)30-8-7-26(23(14-30)34-16-35-26)20-4-2-3-17(9-20)13-29/h2-6,9-10,18,23H,7-8,11-12,14-16H2,1H3/t23-,26-/m1/s1. The number of nitriles is 1. The number of rotatable bonds is 6. The summed E-state index contributed by atoms with van der Waals surface area (Å²) in [6.45, 7) is 1.09. The van der Waals surface area contributed by atoms with Gasteiger partial charge in [0.2, 0.25) is 5.92 Å². The summed E-state index contributed by atoms with van der Waals surface area (Å²) in [4.78, 5) is 15.0. The predicted octanol–water partition coefficient (Wildman–Crippen LogP) is 4.11. The normalized spacial score (nSPS) is 25.3. The Morgan fingerprint density at radius 1 is 1.23 bits per heavy atom. The highest BCUT2D eigenvalue weighted by Crippen LogP contribution is 2.44. The monoisotopic (exact) mass is 484 g/mol. The van der Waals surface area contributed by atoms with E-state index in [2.05, 4.69) is 6.07 Å². The van der Waals surface area contributed by atoms with E-state index >= 15 is 0 Å². The molecule has 9 heteroatoms. The van der Waals surface area contributed by atoms with Gasteiger partial charge >= 0.3 is 0 Å². The summed E-state index contributed by atoms with van der Waals surface area (Å²) >= 11 is 0. The number of carbonyl (C=O) groups is 1. The van der Waals surface area contributed by atoms with Gasteiger partial charge in [-0.25, -0.2) is 8.78 Å². The van der Waals surface area contributed by atoms with Crippen LogP contribution in [0.4, 0.5) is 8.78 Å². The zero-order chi connectivity index (χ0) is 24.6. The van der Waals surface area contributed by atoms with Crippen molar-refractivity contribution >= 4 is 5.91 Å². The number of ether oxygens (including phenoxy) is 4. The average Bonchev–Trinajstić information content (AvgIpc) is 3.30. The molecule has 0 bridgehead atoms. The second-order valence-corrected chi connectivity index (χ2v) is 9.31. The number of amides is 1. The molecule has 35 heavy (non-hydrogen) atoms. The van der Waals surface area contributed by atoms with Gasteiger partial charge in [0.1, 0.15) is 18.5 Å². The first-order valence-electron chi connectivity index (χ1n) is 11.6. The van der Waals surface area contributed by atoms with Gasteiger partial charge < -0.3 is 23.8 Å². The fraction of sp³-hybridized carbons (Fsp3) is 0.462. The minimum atomic E-state index is -2.59. The minimum Gasteiger partial charge on any atom is -0.493 e. The summed E-state index contributed by atoms with van der Waals surface area (Å²) in [5.74, 6) is -2.16. The molecule has 0 radical (unpaired) electrons. The molecule has 2 heterocycles. The molecule has 184 valence electrons. The summed E-state index contributed by atoms with van der Waals surface area (Å²) in [6.07, 6.45) is -0.172. The molecular weight excluding hydrogens is 458 g/mol. The number of hydrogen-bond acceptors (Lipinski definition) is 6. The van der Waals surface area contributed by atoms with Crippen LogP contribution in [-0.2, 0) is 15.1 Å². The Morgan fingerprint density at radius 2 is 2.06 bits per heavy atom. The van der Waals surface area contributed by atoms with Crippen LogP contribution in [0.1, 0.15) is 40.7 Å². The third-order valence-electron chi connectivity index (χ3n) is 7.07. The summed E-state index contributed by atoms with van der Waals surface area (Å²) in [5.41, 5.74) is 1.16. The number of benzene rings is 2. The number of alkyl halides is 2. The van der Waals surface area contributed by atoms with Gasteiger partial charge in [-0.1, -0.05) is 12.1 Å². The molecule has 7 nitrogen and oxygen atoms in total. The largest absolute Gasteiger partial charge is 0.493 e. The molecule has 2 aromatic rings. The lowest BCUT2D eigenvalue weighted by Crippen LogP contribution is -2.53. The number of carbonyl (C=O) groups excluding carboxylic acids is 1.